The van der Waals surface area contributed by atoms with Crippen LogP contribution in [0.25, 0.3) is 10.8 Å². The lowest BCUT2D eigenvalue weighted by Crippen LogP contribution is -2.28. The molecular formula is C20H17N3O2. The lowest BCUT2D eigenvalue weighted by Gasteiger charge is -2.19. The number of nitrogens with one attached hydrogen (secondary N) is 1. The van der Waals surface area contributed by atoms with Gasteiger partial charge in [0.1, 0.15) is 0 Å². The highest BCUT2D eigenvalue weighted by molar-refractivity contribution is 6.08. The molecule has 1 aromatic heterocycles. The maximum atomic E-state index is 12.5. The molecule has 0 aliphatic carbocycles. The fraction of sp³-hybridized carbons (Fsp3) is 0.150. The molecule has 124 valence electrons. The van der Waals surface area contributed by atoms with Crippen molar-refractivity contribution in [2.45, 2.75) is 6.42 Å². The molecule has 1 fully saturated rings. The first-order valence-electron chi connectivity index (χ1n) is 8.21. The average Bonchev–Trinajstić information content (AvgIpc) is 3.04. The van der Waals surface area contributed by atoms with Crippen molar-refractivity contribution in [2.75, 3.05) is 16.8 Å². The van der Waals surface area contributed by atoms with E-state index in [0.29, 0.717) is 12.2 Å². The average molecular weight is 331 g/mol. The van der Waals surface area contributed by atoms with Gasteiger partial charge in [-0.05, 0) is 23.6 Å². The molecule has 0 spiro atoms. The van der Waals surface area contributed by atoms with Crippen LogP contribution in [0.1, 0.15) is 6.42 Å². The van der Waals surface area contributed by atoms with Gasteiger partial charge >= 0.3 is 0 Å². The van der Waals surface area contributed by atoms with E-state index in [1.807, 2.05) is 42.5 Å². The maximum Gasteiger partial charge on any atom is 0.229 e. The third kappa shape index (κ3) is 2.96. The Morgan fingerprint density at radius 3 is 2.64 bits per heavy atom. The number of nitrogens with zero attached hydrogens (tertiary/aromatic N) is 2. The predicted octanol–water partition coefficient (Wildman–Crippen LogP) is 3.23. The third-order valence-corrected chi connectivity index (χ3v) is 4.50. The lowest BCUT2D eigenvalue weighted by molar-refractivity contribution is -0.122. The number of carbonyl (C=O) groups is 2. The largest absolute Gasteiger partial charge is 0.326 e. The second-order valence-electron chi connectivity index (χ2n) is 6.13. The minimum absolute atomic E-state index is 0.0220. The Morgan fingerprint density at radius 1 is 1.04 bits per heavy atom. The van der Waals surface area contributed by atoms with E-state index in [9.17, 15) is 9.59 Å². The standard InChI is InChI=1S/C20H17N3O2/c24-19-12-15(20(25)22-16-8-10-21-11-9-16)13-23(19)18-7-3-5-14-4-1-2-6-17(14)18/h1-11,15H,12-13H2,(H,21,22,25). The Labute approximate surface area is 145 Å². The lowest BCUT2D eigenvalue weighted by atomic mass is 10.1. The molecule has 2 heterocycles. The molecule has 2 aromatic carbocycles. The Balaban J connectivity index is 1.57. The van der Waals surface area contributed by atoms with Crippen molar-refractivity contribution in [2.24, 2.45) is 5.92 Å². The maximum absolute atomic E-state index is 12.5. The first-order valence-corrected chi connectivity index (χ1v) is 8.21. The van der Waals surface area contributed by atoms with Gasteiger partial charge in [0.05, 0.1) is 11.6 Å². The summed E-state index contributed by atoms with van der Waals surface area (Å²) in [6.45, 7) is 0.393. The summed E-state index contributed by atoms with van der Waals surface area (Å²) in [4.78, 5) is 30.7. The first-order chi connectivity index (χ1) is 12.2. The molecule has 1 atom stereocenters. The van der Waals surface area contributed by atoms with Gasteiger partial charge in [-0.3, -0.25) is 14.6 Å². The molecular weight excluding hydrogens is 314 g/mol. The zero-order chi connectivity index (χ0) is 17.2. The minimum Gasteiger partial charge on any atom is -0.326 e. The summed E-state index contributed by atoms with van der Waals surface area (Å²) in [6, 6.07) is 17.3. The van der Waals surface area contributed by atoms with Crippen molar-refractivity contribution in [1.82, 2.24) is 4.98 Å². The minimum atomic E-state index is -0.361. The van der Waals surface area contributed by atoms with Gasteiger partial charge in [0.25, 0.3) is 0 Å². The summed E-state index contributed by atoms with van der Waals surface area (Å²) in [7, 11) is 0. The van der Waals surface area contributed by atoms with Crippen LogP contribution in [0.4, 0.5) is 11.4 Å². The first kappa shape index (κ1) is 15.3. The number of hydrogen-bond acceptors (Lipinski definition) is 3. The van der Waals surface area contributed by atoms with Gasteiger partial charge in [-0.1, -0.05) is 36.4 Å². The predicted molar refractivity (Wildman–Crippen MR) is 97.3 cm³/mol. The van der Waals surface area contributed by atoms with E-state index in [-0.39, 0.29) is 24.2 Å². The number of amides is 2. The molecule has 5 heteroatoms. The summed E-state index contributed by atoms with van der Waals surface area (Å²) in [5.41, 5.74) is 1.55. The Hall–Kier alpha value is -3.21. The van der Waals surface area contributed by atoms with Crippen LogP contribution in [0.5, 0.6) is 0 Å². The van der Waals surface area contributed by atoms with E-state index in [0.717, 1.165) is 16.5 Å². The highest BCUT2D eigenvalue weighted by Gasteiger charge is 2.35. The number of rotatable bonds is 3. The summed E-state index contributed by atoms with van der Waals surface area (Å²) >= 11 is 0. The Morgan fingerprint density at radius 2 is 1.80 bits per heavy atom. The molecule has 1 saturated heterocycles. The van der Waals surface area contributed by atoms with E-state index in [1.165, 1.54) is 0 Å². The molecule has 25 heavy (non-hydrogen) atoms. The van der Waals surface area contributed by atoms with Gasteiger partial charge < -0.3 is 10.2 Å². The molecule has 1 aliphatic rings. The van der Waals surface area contributed by atoms with Crippen LogP contribution < -0.4 is 10.2 Å². The molecule has 4 rings (SSSR count). The smallest absolute Gasteiger partial charge is 0.229 e. The van der Waals surface area contributed by atoms with E-state index >= 15 is 0 Å². The summed E-state index contributed by atoms with van der Waals surface area (Å²) in [6.07, 6.45) is 3.47. The second-order valence-corrected chi connectivity index (χ2v) is 6.13. The van der Waals surface area contributed by atoms with Crippen LogP contribution in [0, 0.1) is 5.92 Å². The van der Waals surface area contributed by atoms with Crippen molar-refractivity contribution in [3.05, 3.63) is 67.0 Å². The topological polar surface area (TPSA) is 62.3 Å². The van der Waals surface area contributed by atoms with Crippen LogP contribution in [-0.2, 0) is 9.59 Å². The van der Waals surface area contributed by atoms with Crippen molar-refractivity contribution < 1.29 is 9.59 Å². The molecule has 3 aromatic rings. The molecule has 2 amide bonds. The van der Waals surface area contributed by atoms with Crippen molar-refractivity contribution >= 4 is 34.0 Å². The van der Waals surface area contributed by atoms with Crippen LogP contribution in [0.3, 0.4) is 0 Å². The SMILES string of the molecule is O=C(Nc1ccncc1)C1CC(=O)N(c2cccc3ccccc23)C1. The van der Waals surface area contributed by atoms with Crippen molar-refractivity contribution in [1.29, 1.82) is 0 Å². The summed E-state index contributed by atoms with van der Waals surface area (Å²) < 4.78 is 0. The van der Waals surface area contributed by atoms with Gasteiger partial charge in [-0.25, -0.2) is 0 Å². The van der Waals surface area contributed by atoms with Crippen LogP contribution in [0.2, 0.25) is 0 Å². The number of anilines is 2. The monoisotopic (exact) mass is 331 g/mol. The van der Waals surface area contributed by atoms with Crippen molar-refractivity contribution in [3.8, 4) is 0 Å². The van der Waals surface area contributed by atoms with Gasteiger partial charge in [-0.2, -0.15) is 0 Å². The number of pyridine rings is 1. The highest BCUT2D eigenvalue weighted by atomic mass is 16.2. The van der Waals surface area contributed by atoms with E-state index in [2.05, 4.69) is 10.3 Å². The van der Waals surface area contributed by atoms with Crippen LogP contribution in [0.15, 0.2) is 67.0 Å². The normalized spacial score (nSPS) is 17.0. The molecule has 5 nitrogen and oxygen atoms in total. The van der Waals surface area contributed by atoms with Crippen LogP contribution >= 0.6 is 0 Å². The van der Waals surface area contributed by atoms with Gasteiger partial charge in [-0.15, -0.1) is 0 Å². The summed E-state index contributed by atoms with van der Waals surface area (Å²) in [5.74, 6) is -0.520. The van der Waals surface area contributed by atoms with Gasteiger partial charge in [0.15, 0.2) is 0 Å². The van der Waals surface area contributed by atoms with E-state index in [4.69, 9.17) is 0 Å². The molecule has 0 bridgehead atoms. The fourth-order valence-electron chi connectivity index (χ4n) is 3.24. The highest BCUT2D eigenvalue weighted by Crippen LogP contribution is 2.32. The third-order valence-electron chi connectivity index (χ3n) is 4.50. The molecule has 1 N–H and O–H groups in total. The Kier molecular flexibility index (Phi) is 3.90. The zero-order valence-corrected chi connectivity index (χ0v) is 13.6. The number of hydrogen-bond donors (Lipinski definition) is 1. The number of aromatic nitrogens is 1. The zero-order valence-electron chi connectivity index (χ0n) is 13.6. The second kappa shape index (κ2) is 6.36. The number of fused-ring (bicyclic) bond motifs is 1. The van der Waals surface area contributed by atoms with Gasteiger partial charge in [0, 0.05) is 36.4 Å². The molecule has 0 saturated carbocycles. The van der Waals surface area contributed by atoms with Crippen molar-refractivity contribution in [3.63, 3.8) is 0 Å². The number of carbonyl (C=O) groups excluding carboxylic acids is 2. The number of benzene rings is 2. The van der Waals surface area contributed by atoms with Crippen LogP contribution in [-0.4, -0.2) is 23.3 Å². The van der Waals surface area contributed by atoms with E-state index < -0.39 is 0 Å². The Bertz CT molecular complexity index is 935. The van der Waals surface area contributed by atoms with E-state index in [1.54, 1.807) is 29.4 Å². The van der Waals surface area contributed by atoms with Gasteiger partial charge in [0.2, 0.25) is 11.8 Å². The molecule has 1 unspecified atom stereocenters. The molecule has 0 radical (unpaired) electrons. The fourth-order valence-corrected chi connectivity index (χ4v) is 3.24. The summed E-state index contributed by atoms with van der Waals surface area (Å²) in [5, 5.41) is 4.96. The quantitative estimate of drug-likeness (QED) is 0.801. The molecule has 1 aliphatic heterocycles.